The van der Waals surface area contributed by atoms with Crippen LogP contribution in [0.25, 0.3) is 0 Å². The van der Waals surface area contributed by atoms with E-state index in [0.29, 0.717) is 17.5 Å². The lowest BCUT2D eigenvalue weighted by Gasteiger charge is -2.27. The first-order valence-electron chi connectivity index (χ1n) is 9.91. The van der Waals surface area contributed by atoms with Crippen molar-refractivity contribution in [2.45, 2.75) is 57.5 Å². The van der Waals surface area contributed by atoms with Gasteiger partial charge < -0.3 is 10.6 Å². The standard InChI is InChI=1S/C20H34N4O2S.HI/c1-5-18(24-11-7-8-12-24)15-23-20(21-6-2)22-14-17-9-10-19(16(3)13-17)27(4,25)26;/h9-10,13,18H,5-8,11-12,14-15H2,1-4H3,(H2,21,22,23);1H. The molecule has 1 fully saturated rings. The van der Waals surface area contributed by atoms with Crippen molar-refractivity contribution in [3.8, 4) is 0 Å². The van der Waals surface area contributed by atoms with Crippen molar-refractivity contribution in [1.82, 2.24) is 15.5 Å². The zero-order chi connectivity index (χ0) is 19.9. The van der Waals surface area contributed by atoms with E-state index in [-0.39, 0.29) is 24.0 Å². The molecular weight excluding hydrogens is 487 g/mol. The monoisotopic (exact) mass is 522 g/mol. The number of guanidine groups is 1. The third-order valence-electron chi connectivity index (χ3n) is 5.04. The van der Waals surface area contributed by atoms with Gasteiger partial charge in [0.05, 0.1) is 11.4 Å². The van der Waals surface area contributed by atoms with Gasteiger partial charge in [-0.2, -0.15) is 0 Å². The number of aliphatic imine (C=N–C) groups is 1. The van der Waals surface area contributed by atoms with Gasteiger partial charge in [0.1, 0.15) is 0 Å². The highest BCUT2D eigenvalue weighted by atomic mass is 127. The molecule has 1 saturated heterocycles. The molecule has 0 radical (unpaired) electrons. The second-order valence-corrected chi connectivity index (χ2v) is 9.24. The fourth-order valence-corrected chi connectivity index (χ4v) is 4.55. The lowest BCUT2D eigenvalue weighted by Crippen LogP contribution is -2.46. The summed E-state index contributed by atoms with van der Waals surface area (Å²) in [7, 11) is -3.18. The minimum Gasteiger partial charge on any atom is -0.357 e. The Bertz CT molecular complexity index is 747. The van der Waals surface area contributed by atoms with Gasteiger partial charge in [0.2, 0.25) is 0 Å². The normalized spacial score (nSPS) is 16.5. The number of nitrogens with zero attached hydrogens (tertiary/aromatic N) is 2. The van der Waals surface area contributed by atoms with E-state index in [9.17, 15) is 8.42 Å². The van der Waals surface area contributed by atoms with E-state index in [2.05, 4.69) is 34.4 Å². The minimum atomic E-state index is -3.18. The maximum absolute atomic E-state index is 11.8. The Morgan fingerprint density at radius 1 is 1.21 bits per heavy atom. The van der Waals surface area contributed by atoms with Gasteiger partial charge in [-0.15, -0.1) is 24.0 Å². The van der Waals surface area contributed by atoms with Crippen LogP contribution in [0.4, 0.5) is 0 Å². The van der Waals surface area contributed by atoms with Crippen LogP contribution in [-0.2, 0) is 16.4 Å². The summed E-state index contributed by atoms with van der Waals surface area (Å²) in [6, 6.07) is 5.96. The predicted molar refractivity (Wildman–Crippen MR) is 127 cm³/mol. The van der Waals surface area contributed by atoms with E-state index in [1.54, 1.807) is 6.07 Å². The second-order valence-electron chi connectivity index (χ2n) is 7.25. The number of rotatable bonds is 8. The van der Waals surface area contributed by atoms with Gasteiger partial charge in [0.15, 0.2) is 15.8 Å². The molecular formula is C20H35IN4O2S. The van der Waals surface area contributed by atoms with Crippen LogP contribution in [-0.4, -0.2) is 57.8 Å². The van der Waals surface area contributed by atoms with E-state index >= 15 is 0 Å². The molecule has 28 heavy (non-hydrogen) atoms. The van der Waals surface area contributed by atoms with Crippen molar-refractivity contribution in [3.05, 3.63) is 29.3 Å². The summed E-state index contributed by atoms with van der Waals surface area (Å²) < 4.78 is 23.5. The van der Waals surface area contributed by atoms with Gasteiger partial charge in [-0.05, 0) is 63.4 Å². The first kappa shape index (κ1) is 25.2. The van der Waals surface area contributed by atoms with Crippen LogP contribution >= 0.6 is 24.0 Å². The lowest BCUT2D eigenvalue weighted by molar-refractivity contribution is 0.236. The summed E-state index contributed by atoms with van der Waals surface area (Å²) in [6.45, 7) is 10.7. The van der Waals surface area contributed by atoms with E-state index < -0.39 is 9.84 Å². The number of benzene rings is 1. The van der Waals surface area contributed by atoms with Crippen molar-refractivity contribution in [1.29, 1.82) is 0 Å². The second kappa shape index (κ2) is 12.0. The minimum absolute atomic E-state index is 0. The highest BCUT2D eigenvalue weighted by Gasteiger charge is 2.20. The average molecular weight is 522 g/mol. The Morgan fingerprint density at radius 2 is 1.89 bits per heavy atom. The Hall–Kier alpha value is -0.870. The van der Waals surface area contributed by atoms with Crippen LogP contribution in [0, 0.1) is 6.92 Å². The quantitative estimate of drug-likeness (QED) is 0.312. The maximum atomic E-state index is 11.8. The van der Waals surface area contributed by atoms with Crippen LogP contribution < -0.4 is 10.6 Å². The summed E-state index contributed by atoms with van der Waals surface area (Å²) in [5.41, 5.74) is 1.77. The zero-order valence-corrected chi connectivity index (χ0v) is 20.6. The first-order chi connectivity index (χ1) is 12.8. The Morgan fingerprint density at radius 3 is 2.43 bits per heavy atom. The largest absolute Gasteiger partial charge is 0.357 e. The fraction of sp³-hybridized carbons (Fsp3) is 0.650. The smallest absolute Gasteiger partial charge is 0.191 e. The molecule has 1 aliphatic rings. The van der Waals surface area contributed by atoms with Crippen LogP contribution in [0.3, 0.4) is 0 Å². The molecule has 1 heterocycles. The Kier molecular flexibility index (Phi) is 10.8. The molecule has 2 rings (SSSR count). The first-order valence-corrected chi connectivity index (χ1v) is 11.8. The van der Waals surface area contributed by atoms with E-state index in [4.69, 9.17) is 0 Å². The molecule has 1 aromatic rings. The number of likely N-dealkylation sites (tertiary alicyclic amines) is 1. The Labute approximate surface area is 187 Å². The van der Waals surface area contributed by atoms with Gasteiger partial charge in [-0.25, -0.2) is 13.4 Å². The SMILES string of the molecule is CCNC(=NCc1ccc(S(C)(=O)=O)c(C)c1)NCC(CC)N1CCCC1.I. The maximum Gasteiger partial charge on any atom is 0.191 e. The average Bonchev–Trinajstić information content (AvgIpc) is 3.13. The van der Waals surface area contributed by atoms with Gasteiger partial charge in [-0.3, -0.25) is 4.90 Å². The highest BCUT2D eigenvalue weighted by Crippen LogP contribution is 2.17. The van der Waals surface area contributed by atoms with Crippen LogP contribution in [0.15, 0.2) is 28.1 Å². The molecule has 1 unspecified atom stereocenters. The van der Waals surface area contributed by atoms with Crippen molar-refractivity contribution in [2.24, 2.45) is 4.99 Å². The predicted octanol–water partition coefficient (Wildman–Crippen LogP) is 2.95. The highest BCUT2D eigenvalue weighted by molar-refractivity contribution is 14.0. The molecule has 2 N–H and O–H groups in total. The van der Waals surface area contributed by atoms with E-state index in [0.717, 1.165) is 36.6 Å². The molecule has 1 aromatic carbocycles. The van der Waals surface area contributed by atoms with E-state index in [1.165, 1.54) is 32.2 Å². The number of hydrogen-bond acceptors (Lipinski definition) is 4. The molecule has 6 nitrogen and oxygen atoms in total. The molecule has 1 atom stereocenters. The van der Waals surface area contributed by atoms with Crippen LogP contribution in [0.5, 0.6) is 0 Å². The molecule has 0 spiro atoms. The van der Waals surface area contributed by atoms with Crippen LogP contribution in [0.1, 0.15) is 44.2 Å². The molecule has 1 aliphatic heterocycles. The van der Waals surface area contributed by atoms with Gasteiger partial charge in [-0.1, -0.05) is 19.1 Å². The fourth-order valence-electron chi connectivity index (χ4n) is 3.59. The van der Waals surface area contributed by atoms with Gasteiger partial charge in [0.25, 0.3) is 0 Å². The molecule has 0 saturated carbocycles. The van der Waals surface area contributed by atoms with Crippen molar-refractivity contribution >= 4 is 39.8 Å². The third-order valence-corrected chi connectivity index (χ3v) is 6.29. The number of sulfone groups is 1. The number of nitrogens with one attached hydrogen (secondary N) is 2. The molecule has 0 amide bonds. The molecule has 0 aliphatic carbocycles. The van der Waals surface area contributed by atoms with E-state index in [1.807, 2.05) is 19.1 Å². The van der Waals surface area contributed by atoms with Crippen molar-refractivity contribution in [2.75, 3.05) is 32.4 Å². The molecule has 160 valence electrons. The topological polar surface area (TPSA) is 73.8 Å². The Balaban J connectivity index is 0.00000392. The summed E-state index contributed by atoms with van der Waals surface area (Å²) in [6.07, 6.45) is 4.96. The summed E-state index contributed by atoms with van der Waals surface area (Å²) >= 11 is 0. The summed E-state index contributed by atoms with van der Waals surface area (Å²) in [5.74, 6) is 0.806. The molecule has 0 bridgehead atoms. The zero-order valence-electron chi connectivity index (χ0n) is 17.5. The number of halogens is 1. The van der Waals surface area contributed by atoms with Crippen molar-refractivity contribution < 1.29 is 8.42 Å². The van der Waals surface area contributed by atoms with Gasteiger partial charge in [0, 0.05) is 25.4 Å². The van der Waals surface area contributed by atoms with Gasteiger partial charge >= 0.3 is 0 Å². The lowest BCUT2D eigenvalue weighted by atomic mass is 10.1. The third kappa shape index (κ3) is 7.51. The number of hydrogen-bond donors (Lipinski definition) is 2. The molecule has 8 heteroatoms. The van der Waals surface area contributed by atoms with Crippen LogP contribution in [0.2, 0.25) is 0 Å². The molecule has 0 aromatic heterocycles. The number of aryl methyl sites for hydroxylation is 1. The summed E-state index contributed by atoms with van der Waals surface area (Å²) in [4.78, 5) is 7.62. The van der Waals surface area contributed by atoms with Crippen molar-refractivity contribution in [3.63, 3.8) is 0 Å². The summed E-state index contributed by atoms with van der Waals surface area (Å²) in [5, 5.41) is 6.77.